The van der Waals surface area contributed by atoms with Crippen molar-refractivity contribution in [2.24, 2.45) is 5.41 Å². The second-order valence-electron chi connectivity index (χ2n) is 12.7. The number of amides is 3. The topological polar surface area (TPSA) is 138 Å². The molecule has 1 aliphatic rings. The minimum absolute atomic E-state index is 0.0300. The normalized spacial score (nSPS) is 18.0. The van der Waals surface area contributed by atoms with Gasteiger partial charge in [0.1, 0.15) is 12.1 Å². The number of nitrogens with one attached hydrogen (secondary N) is 2. The number of unbranched alkanes of at least 4 members (excludes halogenated alkanes) is 4. The van der Waals surface area contributed by atoms with E-state index in [1.165, 1.54) is 12.0 Å². The zero-order chi connectivity index (χ0) is 32.4. The van der Waals surface area contributed by atoms with E-state index < -0.39 is 23.6 Å². The number of likely N-dealkylation sites (tertiary alicyclic amines) is 1. The zero-order valence-electron chi connectivity index (χ0n) is 26.9. The number of nitrogens with zero attached hydrogens (tertiary/aromatic N) is 2. The Morgan fingerprint density at radius 3 is 2.27 bits per heavy atom. The second kappa shape index (κ2) is 16.1. The molecule has 11 heteroatoms. The summed E-state index contributed by atoms with van der Waals surface area (Å²) in [6.45, 7) is 9.51. The largest absolute Gasteiger partial charge is 0.469 e. The number of esters is 1. The van der Waals surface area contributed by atoms with Gasteiger partial charge < -0.3 is 25.4 Å². The first kappa shape index (κ1) is 35.2. The monoisotopic (exact) mass is 628 g/mol. The highest BCUT2D eigenvalue weighted by Gasteiger charge is 2.44. The van der Waals surface area contributed by atoms with Gasteiger partial charge in [0.25, 0.3) is 0 Å². The number of hydrogen-bond acceptors (Lipinski definition) is 8. The van der Waals surface area contributed by atoms with Gasteiger partial charge >= 0.3 is 5.97 Å². The van der Waals surface area contributed by atoms with Gasteiger partial charge in [0.15, 0.2) is 0 Å². The highest BCUT2D eigenvalue weighted by molar-refractivity contribution is 7.13. The second-order valence-corrected chi connectivity index (χ2v) is 13.6. The molecule has 1 aromatic heterocycles. The summed E-state index contributed by atoms with van der Waals surface area (Å²) in [7, 11) is 1.38. The highest BCUT2D eigenvalue weighted by Crippen LogP contribution is 2.29. The molecule has 4 unspecified atom stereocenters. The molecule has 0 spiro atoms. The molecule has 10 nitrogen and oxygen atoms in total. The van der Waals surface area contributed by atoms with Gasteiger partial charge in [0, 0.05) is 25.8 Å². The third kappa shape index (κ3) is 9.85. The third-order valence-corrected chi connectivity index (χ3v) is 9.05. The molecule has 0 radical (unpaired) electrons. The van der Waals surface area contributed by atoms with E-state index in [4.69, 9.17) is 0 Å². The third-order valence-electron chi connectivity index (χ3n) is 8.07. The van der Waals surface area contributed by atoms with Gasteiger partial charge in [-0.15, -0.1) is 11.3 Å². The average Bonchev–Trinajstić information content (AvgIpc) is 3.59. The van der Waals surface area contributed by atoms with Crippen LogP contribution < -0.4 is 10.6 Å². The Morgan fingerprint density at radius 1 is 1.05 bits per heavy atom. The van der Waals surface area contributed by atoms with Crippen molar-refractivity contribution < 1.29 is 29.0 Å². The van der Waals surface area contributed by atoms with Crippen LogP contribution in [0, 0.1) is 12.3 Å². The lowest BCUT2D eigenvalue weighted by Crippen LogP contribution is -2.57. The maximum absolute atomic E-state index is 13.8. The molecule has 1 fully saturated rings. The van der Waals surface area contributed by atoms with E-state index >= 15 is 0 Å². The van der Waals surface area contributed by atoms with Crippen LogP contribution in [0.3, 0.4) is 0 Å². The highest BCUT2D eigenvalue weighted by atomic mass is 32.1. The number of carbonyl (C=O) groups excluding carboxylic acids is 4. The van der Waals surface area contributed by atoms with Crippen molar-refractivity contribution in [2.75, 3.05) is 13.7 Å². The lowest BCUT2D eigenvalue weighted by atomic mass is 9.85. The Bertz CT molecular complexity index is 1270. The van der Waals surface area contributed by atoms with E-state index in [1.807, 2.05) is 64.4 Å². The standard InChI is InChI=1S/C33H48N4O6S/c1-21(23-14-16-24(17-15-23)29-22(2)34-20-44-29)35-31(41)26-18-25(38)19-37(26)32(42)30(33(3,4)5)36-27(39)12-10-8-7-9-11-13-28(40)43-6/h14-17,20-21,25-26,30,38H,7-13,18-19H2,1-6H3,(H,35,41)(H,36,39). The minimum atomic E-state index is -0.851. The summed E-state index contributed by atoms with van der Waals surface area (Å²) in [5.74, 6) is -1.15. The molecular formula is C33H48N4O6S. The van der Waals surface area contributed by atoms with Crippen LogP contribution in [0.25, 0.3) is 10.4 Å². The van der Waals surface area contributed by atoms with Crippen molar-refractivity contribution in [1.29, 1.82) is 0 Å². The molecule has 4 atom stereocenters. The number of ether oxygens (including phenoxy) is 1. The molecule has 44 heavy (non-hydrogen) atoms. The molecule has 1 saturated heterocycles. The number of methoxy groups -OCH3 is 1. The summed E-state index contributed by atoms with van der Waals surface area (Å²) in [4.78, 5) is 58.2. The lowest BCUT2D eigenvalue weighted by Gasteiger charge is -2.35. The Morgan fingerprint density at radius 2 is 1.68 bits per heavy atom. The first-order valence-electron chi connectivity index (χ1n) is 15.5. The predicted molar refractivity (Wildman–Crippen MR) is 171 cm³/mol. The molecule has 3 amide bonds. The van der Waals surface area contributed by atoms with Crippen LogP contribution in [-0.2, 0) is 23.9 Å². The number of aliphatic hydroxyl groups excluding tert-OH is 1. The summed E-state index contributed by atoms with van der Waals surface area (Å²) in [5, 5.41) is 16.4. The maximum atomic E-state index is 13.8. The summed E-state index contributed by atoms with van der Waals surface area (Å²) in [6.07, 6.45) is 4.05. The number of aliphatic hydroxyl groups is 1. The van der Waals surface area contributed by atoms with Crippen molar-refractivity contribution in [2.45, 2.75) is 110 Å². The fourth-order valence-corrected chi connectivity index (χ4v) is 6.25. The molecule has 2 heterocycles. The number of aryl methyl sites for hydroxylation is 1. The van der Waals surface area contributed by atoms with Crippen LogP contribution >= 0.6 is 11.3 Å². The Labute approximate surface area is 265 Å². The molecule has 242 valence electrons. The smallest absolute Gasteiger partial charge is 0.305 e. The number of aromatic nitrogens is 1. The van der Waals surface area contributed by atoms with E-state index in [-0.39, 0.29) is 49.1 Å². The number of rotatable bonds is 14. The van der Waals surface area contributed by atoms with Crippen LogP contribution in [-0.4, -0.2) is 70.5 Å². The average molecular weight is 629 g/mol. The summed E-state index contributed by atoms with van der Waals surface area (Å²) >= 11 is 1.58. The summed E-state index contributed by atoms with van der Waals surface area (Å²) in [5.41, 5.74) is 4.17. The Kier molecular flexibility index (Phi) is 12.9. The zero-order valence-corrected chi connectivity index (χ0v) is 27.7. The van der Waals surface area contributed by atoms with Crippen molar-refractivity contribution in [3.05, 3.63) is 41.0 Å². The Hall–Kier alpha value is -3.31. The van der Waals surface area contributed by atoms with E-state index in [1.54, 1.807) is 11.3 Å². The Balaban J connectivity index is 1.57. The van der Waals surface area contributed by atoms with Crippen LogP contribution in [0.1, 0.15) is 96.4 Å². The number of carbonyl (C=O) groups is 4. The van der Waals surface area contributed by atoms with Crippen LogP contribution in [0.15, 0.2) is 29.8 Å². The van der Waals surface area contributed by atoms with Crippen LogP contribution in [0.2, 0.25) is 0 Å². The summed E-state index contributed by atoms with van der Waals surface area (Å²) in [6, 6.07) is 5.96. The fraction of sp³-hybridized carbons (Fsp3) is 0.606. The van der Waals surface area contributed by atoms with Crippen LogP contribution in [0.5, 0.6) is 0 Å². The number of benzene rings is 1. The maximum Gasteiger partial charge on any atom is 0.305 e. The van der Waals surface area contributed by atoms with Gasteiger partial charge in [0.2, 0.25) is 17.7 Å². The van der Waals surface area contributed by atoms with E-state index in [0.29, 0.717) is 12.8 Å². The fourth-order valence-electron chi connectivity index (χ4n) is 5.44. The van der Waals surface area contributed by atoms with Gasteiger partial charge in [-0.05, 0) is 43.2 Å². The molecule has 0 saturated carbocycles. The van der Waals surface area contributed by atoms with Crippen molar-refractivity contribution in [3.63, 3.8) is 0 Å². The number of hydrogen-bond donors (Lipinski definition) is 3. The molecule has 1 aliphatic heterocycles. The molecule has 0 bridgehead atoms. The molecule has 3 rings (SSSR count). The molecule has 1 aromatic carbocycles. The SMILES string of the molecule is COC(=O)CCCCCCCC(=O)NC(C(=O)N1CC(O)CC1C(=O)NC(C)c1ccc(-c2scnc2C)cc1)C(C)(C)C. The quantitative estimate of drug-likeness (QED) is 0.204. The van der Waals surface area contributed by atoms with Gasteiger partial charge in [0.05, 0.1) is 35.3 Å². The van der Waals surface area contributed by atoms with Gasteiger partial charge in [-0.3, -0.25) is 19.2 Å². The van der Waals surface area contributed by atoms with E-state index in [2.05, 4.69) is 20.4 Å². The molecular weight excluding hydrogens is 580 g/mol. The summed E-state index contributed by atoms with van der Waals surface area (Å²) < 4.78 is 4.65. The van der Waals surface area contributed by atoms with Gasteiger partial charge in [-0.25, -0.2) is 4.98 Å². The van der Waals surface area contributed by atoms with Crippen molar-refractivity contribution in [3.8, 4) is 10.4 Å². The minimum Gasteiger partial charge on any atom is -0.469 e. The van der Waals surface area contributed by atoms with E-state index in [0.717, 1.165) is 47.4 Å². The number of β-amino-alcohol motifs (C(OH)–C–C–N with tert-alkyl or cyclic N) is 1. The van der Waals surface area contributed by atoms with Crippen molar-refractivity contribution >= 4 is 35.0 Å². The van der Waals surface area contributed by atoms with Crippen LogP contribution in [0.4, 0.5) is 0 Å². The van der Waals surface area contributed by atoms with Gasteiger partial charge in [-0.1, -0.05) is 64.3 Å². The molecule has 3 N–H and O–H groups in total. The van der Waals surface area contributed by atoms with Gasteiger partial charge in [-0.2, -0.15) is 0 Å². The predicted octanol–water partition coefficient (Wildman–Crippen LogP) is 4.69. The number of thiazole rings is 1. The van der Waals surface area contributed by atoms with E-state index in [9.17, 15) is 24.3 Å². The molecule has 0 aliphatic carbocycles. The van der Waals surface area contributed by atoms with Crippen molar-refractivity contribution in [1.82, 2.24) is 20.5 Å². The first-order valence-corrected chi connectivity index (χ1v) is 16.3. The molecule has 2 aromatic rings. The lowest BCUT2D eigenvalue weighted by molar-refractivity contribution is -0.144. The first-order chi connectivity index (χ1) is 20.8.